The minimum Gasteiger partial charge on any atom is -0.311 e. The standard InChI is InChI=1S/C14H29N/c1-6-12-9-7-8-10-13(12)15-11(2)14(3,4)5/h11-13,15H,6-10H2,1-5H3. The second kappa shape index (κ2) is 5.34. The lowest BCUT2D eigenvalue weighted by Crippen LogP contribution is -2.48. The molecule has 1 aliphatic carbocycles. The summed E-state index contributed by atoms with van der Waals surface area (Å²) in [5.74, 6) is 0.920. The average Bonchev–Trinajstić information content (AvgIpc) is 2.17. The predicted octanol–water partition coefficient (Wildman–Crippen LogP) is 3.98. The van der Waals surface area contributed by atoms with Crippen LogP contribution in [0.4, 0.5) is 0 Å². The van der Waals surface area contributed by atoms with Crippen molar-refractivity contribution in [3.05, 3.63) is 0 Å². The first-order valence-corrected chi connectivity index (χ1v) is 6.71. The van der Waals surface area contributed by atoms with Crippen LogP contribution in [0.25, 0.3) is 0 Å². The summed E-state index contributed by atoms with van der Waals surface area (Å²) in [7, 11) is 0. The lowest BCUT2D eigenvalue weighted by atomic mass is 9.80. The van der Waals surface area contributed by atoms with E-state index in [1.165, 1.54) is 32.1 Å². The first kappa shape index (κ1) is 13.0. The molecule has 90 valence electrons. The van der Waals surface area contributed by atoms with E-state index in [1.807, 2.05) is 0 Å². The van der Waals surface area contributed by atoms with Gasteiger partial charge in [-0.1, -0.05) is 47.0 Å². The van der Waals surface area contributed by atoms with Crippen LogP contribution in [-0.2, 0) is 0 Å². The largest absolute Gasteiger partial charge is 0.311 e. The zero-order valence-corrected chi connectivity index (χ0v) is 11.3. The molecule has 1 nitrogen and oxygen atoms in total. The highest BCUT2D eigenvalue weighted by atomic mass is 15.0. The second-order valence-electron chi connectivity index (χ2n) is 6.31. The third kappa shape index (κ3) is 3.79. The molecule has 1 saturated carbocycles. The molecule has 0 aromatic heterocycles. The number of nitrogens with one attached hydrogen (secondary N) is 1. The molecule has 15 heavy (non-hydrogen) atoms. The van der Waals surface area contributed by atoms with Crippen molar-refractivity contribution in [2.24, 2.45) is 11.3 Å². The molecule has 0 aromatic carbocycles. The van der Waals surface area contributed by atoms with Crippen LogP contribution in [0.1, 0.15) is 66.7 Å². The van der Waals surface area contributed by atoms with Crippen molar-refractivity contribution in [3.8, 4) is 0 Å². The van der Waals surface area contributed by atoms with Gasteiger partial charge in [-0.05, 0) is 31.1 Å². The summed E-state index contributed by atoms with van der Waals surface area (Å²) in [5, 5.41) is 3.86. The molecule has 0 aromatic rings. The molecule has 3 atom stereocenters. The molecule has 0 aliphatic heterocycles. The molecule has 3 unspecified atom stereocenters. The summed E-state index contributed by atoms with van der Waals surface area (Å²) in [4.78, 5) is 0. The molecule has 0 spiro atoms. The van der Waals surface area contributed by atoms with Gasteiger partial charge in [-0.25, -0.2) is 0 Å². The van der Waals surface area contributed by atoms with Crippen LogP contribution in [-0.4, -0.2) is 12.1 Å². The van der Waals surface area contributed by atoms with Gasteiger partial charge in [0, 0.05) is 12.1 Å². The van der Waals surface area contributed by atoms with Crippen molar-refractivity contribution in [3.63, 3.8) is 0 Å². The fourth-order valence-corrected chi connectivity index (χ4v) is 2.49. The van der Waals surface area contributed by atoms with Crippen molar-refractivity contribution in [2.75, 3.05) is 0 Å². The molecule has 0 saturated heterocycles. The predicted molar refractivity (Wildman–Crippen MR) is 68.1 cm³/mol. The molecule has 0 radical (unpaired) electrons. The Morgan fingerprint density at radius 3 is 2.33 bits per heavy atom. The van der Waals surface area contributed by atoms with Gasteiger partial charge >= 0.3 is 0 Å². The summed E-state index contributed by atoms with van der Waals surface area (Å²) in [5.41, 5.74) is 0.385. The molecule has 1 aliphatic rings. The van der Waals surface area contributed by atoms with Crippen LogP contribution >= 0.6 is 0 Å². The van der Waals surface area contributed by atoms with Crippen LogP contribution < -0.4 is 5.32 Å². The Labute approximate surface area is 96.0 Å². The van der Waals surface area contributed by atoms with Gasteiger partial charge < -0.3 is 5.32 Å². The van der Waals surface area contributed by atoms with Gasteiger partial charge in [0.25, 0.3) is 0 Å². The zero-order chi connectivity index (χ0) is 11.5. The van der Waals surface area contributed by atoms with Gasteiger partial charge in [0.05, 0.1) is 0 Å². The lowest BCUT2D eigenvalue weighted by Gasteiger charge is -2.38. The normalized spacial score (nSPS) is 30.2. The van der Waals surface area contributed by atoms with Crippen LogP contribution in [0, 0.1) is 11.3 Å². The highest BCUT2D eigenvalue weighted by Crippen LogP contribution is 2.29. The summed E-state index contributed by atoms with van der Waals surface area (Å²) < 4.78 is 0. The third-order valence-corrected chi connectivity index (χ3v) is 4.20. The van der Waals surface area contributed by atoms with Crippen LogP contribution in [0.15, 0.2) is 0 Å². The van der Waals surface area contributed by atoms with E-state index in [4.69, 9.17) is 0 Å². The summed E-state index contributed by atoms with van der Waals surface area (Å²) in [6.07, 6.45) is 7.03. The van der Waals surface area contributed by atoms with E-state index in [-0.39, 0.29) is 0 Å². The van der Waals surface area contributed by atoms with Crippen LogP contribution in [0.3, 0.4) is 0 Å². The molecule has 0 bridgehead atoms. The second-order valence-corrected chi connectivity index (χ2v) is 6.31. The van der Waals surface area contributed by atoms with Gasteiger partial charge in [0.1, 0.15) is 0 Å². The van der Waals surface area contributed by atoms with E-state index in [2.05, 4.69) is 39.9 Å². The maximum absolute atomic E-state index is 3.86. The van der Waals surface area contributed by atoms with Gasteiger partial charge in [0.15, 0.2) is 0 Å². The number of hydrogen-bond donors (Lipinski definition) is 1. The molecule has 1 N–H and O–H groups in total. The Balaban J connectivity index is 2.48. The van der Waals surface area contributed by atoms with Crippen molar-refractivity contribution < 1.29 is 0 Å². The highest BCUT2D eigenvalue weighted by molar-refractivity contribution is 4.85. The minimum atomic E-state index is 0.385. The molecule has 1 fully saturated rings. The van der Waals surface area contributed by atoms with Crippen molar-refractivity contribution in [2.45, 2.75) is 78.8 Å². The smallest absolute Gasteiger partial charge is 0.00979 e. The summed E-state index contributed by atoms with van der Waals surface area (Å²) >= 11 is 0. The molecule has 0 heterocycles. The van der Waals surface area contributed by atoms with Gasteiger partial charge in [0.2, 0.25) is 0 Å². The molecular formula is C14H29N. The quantitative estimate of drug-likeness (QED) is 0.744. The van der Waals surface area contributed by atoms with Crippen LogP contribution in [0.5, 0.6) is 0 Å². The Morgan fingerprint density at radius 1 is 1.20 bits per heavy atom. The van der Waals surface area contributed by atoms with E-state index in [1.54, 1.807) is 0 Å². The highest BCUT2D eigenvalue weighted by Gasteiger charge is 2.28. The Hall–Kier alpha value is -0.0400. The lowest BCUT2D eigenvalue weighted by molar-refractivity contribution is 0.190. The fourth-order valence-electron chi connectivity index (χ4n) is 2.49. The third-order valence-electron chi connectivity index (χ3n) is 4.20. The Bertz CT molecular complexity index is 180. The van der Waals surface area contributed by atoms with Crippen molar-refractivity contribution >= 4 is 0 Å². The number of hydrogen-bond acceptors (Lipinski definition) is 1. The van der Waals surface area contributed by atoms with Gasteiger partial charge in [-0.15, -0.1) is 0 Å². The van der Waals surface area contributed by atoms with E-state index >= 15 is 0 Å². The van der Waals surface area contributed by atoms with Gasteiger partial charge in [-0.3, -0.25) is 0 Å². The molecule has 0 amide bonds. The van der Waals surface area contributed by atoms with Crippen molar-refractivity contribution in [1.82, 2.24) is 5.32 Å². The van der Waals surface area contributed by atoms with E-state index in [0.29, 0.717) is 11.5 Å². The monoisotopic (exact) mass is 211 g/mol. The van der Waals surface area contributed by atoms with E-state index < -0.39 is 0 Å². The maximum atomic E-state index is 3.86. The summed E-state index contributed by atoms with van der Waals surface area (Å²) in [6, 6.07) is 1.40. The Morgan fingerprint density at radius 2 is 1.80 bits per heavy atom. The molecule has 1 heteroatoms. The molecular weight excluding hydrogens is 182 g/mol. The van der Waals surface area contributed by atoms with E-state index in [9.17, 15) is 0 Å². The fraction of sp³-hybridized carbons (Fsp3) is 1.00. The SMILES string of the molecule is CCC1CCCCC1NC(C)C(C)(C)C. The van der Waals surface area contributed by atoms with E-state index in [0.717, 1.165) is 12.0 Å². The average molecular weight is 211 g/mol. The van der Waals surface area contributed by atoms with Crippen molar-refractivity contribution in [1.29, 1.82) is 0 Å². The first-order valence-electron chi connectivity index (χ1n) is 6.71. The maximum Gasteiger partial charge on any atom is 0.00979 e. The molecule has 1 rings (SSSR count). The summed E-state index contributed by atoms with van der Waals surface area (Å²) in [6.45, 7) is 11.7. The number of rotatable bonds is 3. The minimum absolute atomic E-state index is 0.385. The van der Waals surface area contributed by atoms with Gasteiger partial charge in [-0.2, -0.15) is 0 Å². The first-order chi connectivity index (χ1) is 6.95. The zero-order valence-electron chi connectivity index (χ0n) is 11.3. The van der Waals surface area contributed by atoms with Crippen LogP contribution in [0.2, 0.25) is 0 Å². The Kier molecular flexibility index (Phi) is 4.64. The topological polar surface area (TPSA) is 12.0 Å².